The number of nitrogens with zero attached hydrogens (tertiary/aromatic N) is 1. The van der Waals surface area contributed by atoms with Crippen LogP contribution in [0.4, 0.5) is 4.39 Å². The summed E-state index contributed by atoms with van der Waals surface area (Å²) in [5.41, 5.74) is 1.01. The highest BCUT2D eigenvalue weighted by Crippen LogP contribution is 2.35. The van der Waals surface area contributed by atoms with Crippen molar-refractivity contribution in [3.63, 3.8) is 0 Å². The third-order valence-electron chi connectivity index (χ3n) is 2.60. The SMILES string of the molecule is O=Cc1c(F)cccc1Sc1nc2ccccc2s1. The van der Waals surface area contributed by atoms with Crippen LogP contribution in [0, 0.1) is 5.82 Å². The lowest BCUT2D eigenvalue weighted by atomic mass is 10.2. The summed E-state index contributed by atoms with van der Waals surface area (Å²) in [4.78, 5) is 16.0. The van der Waals surface area contributed by atoms with Crippen LogP contribution in [0.1, 0.15) is 10.4 Å². The van der Waals surface area contributed by atoms with Gasteiger partial charge in [-0.15, -0.1) is 11.3 Å². The normalized spacial score (nSPS) is 10.8. The van der Waals surface area contributed by atoms with Gasteiger partial charge < -0.3 is 0 Å². The highest BCUT2D eigenvalue weighted by Gasteiger charge is 2.11. The third-order valence-corrected chi connectivity index (χ3v) is 4.78. The van der Waals surface area contributed by atoms with E-state index in [0.717, 1.165) is 14.6 Å². The van der Waals surface area contributed by atoms with Crippen LogP contribution in [-0.4, -0.2) is 11.3 Å². The van der Waals surface area contributed by atoms with Crippen molar-refractivity contribution in [1.82, 2.24) is 4.98 Å². The first-order chi connectivity index (χ1) is 9.28. The zero-order chi connectivity index (χ0) is 13.2. The van der Waals surface area contributed by atoms with E-state index < -0.39 is 5.82 Å². The zero-order valence-corrected chi connectivity index (χ0v) is 11.3. The van der Waals surface area contributed by atoms with Gasteiger partial charge >= 0.3 is 0 Å². The van der Waals surface area contributed by atoms with Crippen LogP contribution in [0.25, 0.3) is 10.2 Å². The quantitative estimate of drug-likeness (QED) is 0.669. The predicted octanol–water partition coefficient (Wildman–Crippen LogP) is 4.40. The predicted molar refractivity (Wildman–Crippen MR) is 75.5 cm³/mol. The first-order valence-electron chi connectivity index (χ1n) is 5.55. The molecule has 2 nitrogen and oxygen atoms in total. The van der Waals surface area contributed by atoms with Gasteiger partial charge in [-0.05, 0) is 24.3 Å². The summed E-state index contributed by atoms with van der Waals surface area (Å²) in [7, 11) is 0. The molecule has 0 atom stereocenters. The van der Waals surface area contributed by atoms with Crippen molar-refractivity contribution >= 4 is 39.6 Å². The number of aldehydes is 1. The molecule has 0 unspecified atom stereocenters. The Labute approximate surface area is 117 Å². The van der Waals surface area contributed by atoms with E-state index in [2.05, 4.69) is 4.98 Å². The Morgan fingerprint density at radius 1 is 1.16 bits per heavy atom. The van der Waals surface area contributed by atoms with Crippen molar-refractivity contribution < 1.29 is 9.18 Å². The van der Waals surface area contributed by atoms with Gasteiger partial charge in [0.05, 0.1) is 15.8 Å². The fourth-order valence-corrected chi connectivity index (χ4v) is 3.85. The van der Waals surface area contributed by atoms with Gasteiger partial charge in [-0.2, -0.15) is 0 Å². The summed E-state index contributed by atoms with van der Waals surface area (Å²) in [5, 5.41) is 0. The van der Waals surface area contributed by atoms with Crippen LogP contribution in [0.2, 0.25) is 0 Å². The Bertz CT molecular complexity index is 721. The van der Waals surface area contributed by atoms with E-state index in [1.165, 1.54) is 29.2 Å². The lowest BCUT2D eigenvalue weighted by Gasteiger charge is -2.02. The highest BCUT2D eigenvalue weighted by molar-refractivity contribution is 8.01. The molecule has 94 valence electrons. The molecule has 0 fully saturated rings. The van der Waals surface area contributed by atoms with Gasteiger partial charge in [-0.1, -0.05) is 30.0 Å². The molecular weight excluding hydrogens is 281 g/mol. The van der Waals surface area contributed by atoms with E-state index in [-0.39, 0.29) is 5.56 Å². The monoisotopic (exact) mass is 289 g/mol. The fourth-order valence-electron chi connectivity index (χ4n) is 1.71. The number of benzene rings is 2. The molecule has 0 aliphatic carbocycles. The summed E-state index contributed by atoms with van der Waals surface area (Å²) < 4.78 is 15.4. The molecule has 0 aliphatic rings. The number of thiazole rings is 1. The molecule has 0 aliphatic heterocycles. The summed E-state index contributed by atoms with van der Waals surface area (Å²) >= 11 is 2.85. The molecule has 0 radical (unpaired) electrons. The Morgan fingerprint density at radius 3 is 2.79 bits per heavy atom. The molecule has 0 bridgehead atoms. The molecular formula is C14H8FNOS2. The second kappa shape index (κ2) is 5.11. The minimum atomic E-state index is -0.499. The van der Waals surface area contributed by atoms with Gasteiger partial charge in [0.15, 0.2) is 10.6 Å². The first kappa shape index (κ1) is 12.3. The lowest BCUT2D eigenvalue weighted by Crippen LogP contribution is -1.90. The van der Waals surface area contributed by atoms with E-state index in [1.54, 1.807) is 12.1 Å². The highest BCUT2D eigenvalue weighted by atomic mass is 32.2. The molecule has 1 aromatic heterocycles. The molecule has 2 aromatic carbocycles. The van der Waals surface area contributed by atoms with Crippen LogP contribution in [0.5, 0.6) is 0 Å². The fraction of sp³-hybridized carbons (Fsp3) is 0. The zero-order valence-electron chi connectivity index (χ0n) is 9.67. The van der Waals surface area contributed by atoms with Crippen LogP contribution in [-0.2, 0) is 0 Å². The van der Waals surface area contributed by atoms with E-state index in [0.29, 0.717) is 11.2 Å². The van der Waals surface area contributed by atoms with Gasteiger partial charge in [0.1, 0.15) is 5.82 Å². The minimum absolute atomic E-state index is 0.0896. The molecule has 0 saturated heterocycles. The largest absolute Gasteiger partial charge is 0.298 e. The molecule has 1 heterocycles. The van der Waals surface area contributed by atoms with E-state index in [1.807, 2.05) is 24.3 Å². The van der Waals surface area contributed by atoms with Crippen LogP contribution >= 0.6 is 23.1 Å². The number of hydrogen-bond donors (Lipinski definition) is 0. The number of rotatable bonds is 3. The third kappa shape index (κ3) is 2.39. The van der Waals surface area contributed by atoms with Crippen molar-refractivity contribution in [3.05, 3.63) is 53.8 Å². The maximum atomic E-state index is 13.5. The summed E-state index contributed by atoms with van der Waals surface area (Å²) in [6.45, 7) is 0. The minimum Gasteiger partial charge on any atom is -0.298 e. The van der Waals surface area contributed by atoms with Gasteiger partial charge in [0.25, 0.3) is 0 Å². The molecule has 3 rings (SSSR count). The first-order valence-corrected chi connectivity index (χ1v) is 7.18. The number of fused-ring (bicyclic) bond motifs is 1. The van der Waals surface area contributed by atoms with Gasteiger partial charge in [0, 0.05) is 4.90 Å². The molecule has 19 heavy (non-hydrogen) atoms. The second-order valence-corrected chi connectivity index (χ2v) is 6.14. The van der Waals surface area contributed by atoms with Gasteiger partial charge in [-0.3, -0.25) is 4.79 Å². The Balaban J connectivity index is 2.01. The van der Waals surface area contributed by atoms with Crippen molar-refractivity contribution in [2.75, 3.05) is 0 Å². The summed E-state index contributed by atoms with van der Waals surface area (Å²) in [6, 6.07) is 12.4. The van der Waals surface area contributed by atoms with Crippen molar-refractivity contribution in [2.24, 2.45) is 0 Å². The second-order valence-electron chi connectivity index (χ2n) is 3.82. The molecule has 0 N–H and O–H groups in total. The summed E-state index contributed by atoms with van der Waals surface area (Å²) in [5.74, 6) is -0.499. The molecule has 0 amide bonds. The van der Waals surface area contributed by atoms with Gasteiger partial charge in [-0.25, -0.2) is 9.37 Å². The van der Waals surface area contributed by atoms with Crippen LogP contribution in [0.15, 0.2) is 51.7 Å². The Hall–Kier alpha value is -1.72. The Morgan fingerprint density at radius 2 is 2.00 bits per heavy atom. The lowest BCUT2D eigenvalue weighted by molar-refractivity contribution is 0.111. The smallest absolute Gasteiger partial charge is 0.155 e. The molecule has 3 aromatic rings. The van der Waals surface area contributed by atoms with Crippen LogP contribution < -0.4 is 0 Å². The Kier molecular flexibility index (Phi) is 3.31. The average Bonchev–Trinajstić information content (AvgIpc) is 2.81. The number of carbonyl (C=O) groups is 1. The number of halogens is 1. The topological polar surface area (TPSA) is 30.0 Å². The number of hydrogen-bond acceptors (Lipinski definition) is 4. The number of para-hydroxylation sites is 1. The molecule has 0 saturated carbocycles. The maximum Gasteiger partial charge on any atom is 0.155 e. The number of aromatic nitrogens is 1. The van der Waals surface area contributed by atoms with E-state index in [9.17, 15) is 9.18 Å². The van der Waals surface area contributed by atoms with Crippen molar-refractivity contribution in [3.8, 4) is 0 Å². The van der Waals surface area contributed by atoms with Gasteiger partial charge in [0.2, 0.25) is 0 Å². The van der Waals surface area contributed by atoms with E-state index in [4.69, 9.17) is 0 Å². The standard InChI is InChI=1S/C14H8FNOS2/c15-10-4-3-7-12(9(10)8-17)18-14-16-11-5-1-2-6-13(11)19-14/h1-8H. The van der Waals surface area contributed by atoms with Crippen LogP contribution in [0.3, 0.4) is 0 Å². The van der Waals surface area contributed by atoms with E-state index >= 15 is 0 Å². The van der Waals surface area contributed by atoms with Crippen molar-refractivity contribution in [1.29, 1.82) is 0 Å². The van der Waals surface area contributed by atoms with Crippen molar-refractivity contribution in [2.45, 2.75) is 9.24 Å². The molecule has 5 heteroatoms. The maximum absolute atomic E-state index is 13.5. The summed E-state index contributed by atoms with van der Waals surface area (Å²) in [6.07, 6.45) is 0.547. The average molecular weight is 289 g/mol. The number of carbonyl (C=O) groups excluding carboxylic acids is 1. The molecule has 0 spiro atoms.